The van der Waals surface area contributed by atoms with Gasteiger partial charge in [0.25, 0.3) is 5.91 Å². The van der Waals surface area contributed by atoms with E-state index in [0.717, 1.165) is 16.8 Å². The summed E-state index contributed by atoms with van der Waals surface area (Å²) in [4.78, 5) is 20.8. The molecule has 26 heavy (non-hydrogen) atoms. The zero-order chi connectivity index (χ0) is 18.7. The summed E-state index contributed by atoms with van der Waals surface area (Å²) in [5.41, 5.74) is 1.33. The molecule has 2 aromatic carbocycles. The molecule has 3 rings (SSSR count). The predicted octanol–water partition coefficient (Wildman–Crippen LogP) is 2.75. The van der Waals surface area contributed by atoms with Gasteiger partial charge in [0.2, 0.25) is 0 Å². The quantitative estimate of drug-likeness (QED) is 0.704. The number of hydrogen-bond donors (Lipinski definition) is 1. The molecule has 0 atom stereocenters. The zero-order valence-electron chi connectivity index (χ0n) is 15.0. The molecule has 0 saturated carbocycles. The molecule has 0 bridgehead atoms. The number of likely N-dealkylation sites (N-methyl/N-ethyl adjacent to an activating group) is 1. The van der Waals surface area contributed by atoms with E-state index in [1.54, 1.807) is 36.3 Å². The van der Waals surface area contributed by atoms with Crippen LogP contribution in [0.25, 0.3) is 10.2 Å². The summed E-state index contributed by atoms with van der Waals surface area (Å²) >= 11 is 7.55. The fourth-order valence-corrected chi connectivity index (χ4v) is 3.79. The van der Waals surface area contributed by atoms with Crippen molar-refractivity contribution >= 4 is 44.2 Å². The fraction of sp³-hybridized carbons (Fsp3) is 0.263. The molecule has 5 nitrogen and oxygen atoms in total. The number of para-hydroxylation sites is 1. The number of nitrogens with zero attached hydrogens (tertiary/aromatic N) is 2. The summed E-state index contributed by atoms with van der Waals surface area (Å²) in [6.07, 6.45) is 0. The second kappa shape index (κ2) is 8.03. The average Bonchev–Trinajstić information content (AvgIpc) is 3.05. The van der Waals surface area contributed by atoms with E-state index in [0.29, 0.717) is 28.0 Å². The number of ether oxygens (including phenoxy) is 1. The van der Waals surface area contributed by atoms with Gasteiger partial charge < -0.3 is 9.64 Å². The number of quaternary nitrogens is 1. The predicted molar refractivity (Wildman–Crippen MR) is 107 cm³/mol. The highest BCUT2D eigenvalue weighted by atomic mass is 35.5. The van der Waals surface area contributed by atoms with E-state index in [1.165, 1.54) is 16.2 Å². The number of carbonyl (C=O) groups is 1. The lowest BCUT2D eigenvalue weighted by atomic mass is 10.2. The van der Waals surface area contributed by atoms with Crippen molar-refractivity contribution in [2.24, 2.45) is 0 Å². The molecule has 1 heterocycles. The average molecular weight is 391 g/mol. The van der Waals surface area contributed by atoms with Crippen LogP contribution in [0.1, 0.15) is 10.4 Å². The minimum absolute atomic E-state index is 0.105. The number of fused-ring (bicyclic) bond motifs is 1. The first-order chi connectivity index (χ1) is 12.5. The number of halogens is 1. The van der Waals surface area contributed by atoms with Gasteiger partial charge >= 0.3 is 0 Å². The number of hydrogen-bond acceptors (Lipinski definition) is 4. The van der Waals surface area contributed by atoms with Crippen molar-refractivity contribution in [3.63, 3.8) is 0 Å². The number of rotatable bonds is 6. The van der Waals surface area contributed by atoms with Crippen LogP contribution in [0.4, 0.5) is 5.13 Å². The zero-order valence-corrected chi connectivity index (χ0v) is 16.5. The van der Waals surface area contributed by atoms with Crippen molar-refractivity contribution in [2.45, 2.75) is 0 Å². The van der Waals surface area contributed by atoms with E-state index in [4.69, 9.17) is 16.3 Å². The van der Waals surface area contributed by atoms with Crippen LogP contribution in [0.15, 0.2) is 42.5 Å². The third-order valence-electron chi connectivity index (χ3n) is 3.97. The second-order valence-electron chi connectivity index (χ2n) is 6.23. The molecule has 0 radical (unpaired) electrons. The maximum absolute atomic E-state index is 13.1. The SMILES string of the molecule is COc1cccc2sc(N(CC[NH+](C)C)C(=O)c3cccc(Cl)c3)nc12. The molecule has 0 spiro atoms. The van der Waals surface area contributed by atoms with Crippen LogP contribution in [0.3, 0.4) is 0 Å². The standard InChI is InChI=1S/C19H20ClN3O2S/c1-22(2)10-11-23(18(24)13-6-4-7-14(20)12-13)19-21-17-15(25-3)8-5-9-16(17)26-19/h4-9,12H,10-11H2,1-3H3/p+1. The highest BCUT2D eigenvalue weighted by Gasteiger charge is 2.23. The van der Waals surface area contributed by atoms with Gasteiger partial charge in [-0.3, -0.25) is 9.69 Å². The van der Waals surface area contributed by atoms with Gasteiger partial charge in [-0.1, -0.05) is 35.1 Å². The summed E-state index contributed by atoms with van der Waals surface area (Å²) < 4.78 is 6.39. The van der Waals surface area contributed by atoms with Gasteiger partial charge in [0.1, 0.15) is 11.3 Å². The lowest BCUT2D eigenvalue weighted by molar-refractivity contribution is -0.856. The normalized spacial score (nSPS) is 11.1. The van der Waals surface area contributed by atoms with Crippen LogP contribution in [-0.2, 0) is 0 Å². The number of amides is 1. The van der Waals surface area contributed by atoms with Gasteiger partial charge in [-0.15, -0.1) is 0 Å². The van der Waals surface area contributed by atoms with Crippen molar-refractivity contribution in [1.29, 1.82) is 0 Å². The molecule has 7 heteroatoms. The summed E-state index contributed by atoms with van der Waals surface area (Å²) in [6.45, 7) is 1.37. The Morgan fingerprint density at radius 2 is 2.04 bits per heavy atom. The molecule has 0 saturated heterocycles. The maximum Gasteiger partial charge on any atom is 0.260 e. The molecular weight excluding hydrogens is 370 g/mol. The largest absolute Gasteiger partial charge is 0.494 e. The van der Waals surface area contributed by atoms with Crippen molar-refractivity contribution in [3.05, 3.63) is 53.1 Å². The third-order valence-corrected chi connectivity index (χ3v) is 5.25. The smallest absolute Gasteiger partial charge is 0.260 e. The minimum Gasteiger partial charge on any atom is -0.494 e. The second-order valence-corrected chi connectivity index (χ2v) is 7.67. The molecule has 0 aliphatic heterocycles. The van der Waals surface area contributed by atoms with Crippen molar-refractivity contribution in [2.75, 3.05) is 39.2 Å². The molecule has 1 amide bonds. The monoisotopic (exact) mass is 390 g/mol. The number of anilines is 1. The Kier molecular flexibility index (Phi) is 5.76. The van der Waals surface area contributed by atoms with Crippen LogP contribution in [-0.4, -0.2) is 45.2 Å². The van der Waals surface area contributed by atoms with E-state index in [1.807, 2.05) is 18.2 Å². The van der Waals surface area contributed by atoms with Gasteiger partial charge in [0, 0.05) is 10.6 Å². The molecule has 1 N–H and O–H groups in total. The lowest BCUT2D eigenvalue weighted by Gasteiger charge is -2.20. The molecule has 0 fully saturated rings. The summed E-state index contributed by atoms with van der Waals surface area (Å²) in [6, 6.07) is 12.8. The van der Waals surface area contributed by atoms with E-state index >= 15 is 0 Å². The lowest BCUT2D eigenvalue weighted by Crippen LogP contribution is -3.06. The molecule has 0 aliphatic carbocycles. The molecule has 3 aromatic rings. The van der Waals surface area contributed by atoms with Crippen molar-refractivity contribution in [3.8, 4) is 5.75 Å². The van der Waals surface area contributed by atoms with Gasteiger partial charge in [-0.25, -0.2) is 4.98 Å². The van der Waals surface area contributed by atoms with Crippen LogP contribution in [0.5, 0.6) is 5.75 Å². The minimum atomic E-state index is -0.105. The number of methoxy groups -OCH3 is 1. The van der Waals surface area contributed by atoms with E-state index in [-0.39, 0.29) is 5.91 Å². The van der Waals surface area contributed by atoms with E-state index < -0.39 is 0 Å². The first-order valence-electron chi connectivity index (χ1n) is 8.29. The summed E-state index contributed by atoms with van der Waals surface area (Å²) in [5.74, 6) is 0.602. The molecule has 0 aliphatic rings. The molecular formula is C19H21ClN3O2S+. The van der Waals surface area contributed by atoms with Crippen LogP contribution in [0, 0.1) is 0 Å². The summed E-state index contributed by atoms with van der Waals surface area (Å²) in [5, 5.41) is 1.20. The first kappa shape index (κ1) is 18.6. The van der Waals surface area contributed by atoms with Crippen LogP contribution in [0.2, 0.25) is 5.02 Å². The Labute approximate surface area is 161 Å². The molecule has 0 unspecified atom stereocenters. The number of nitrogens with one attached hydrogen (secondary N) is 1. The topological polar surface area (TPSA) is 46.9 Å². The fourth-order valence-electron chi connectivity index (χ4n) is 2.59. The van der Waals surface area contributed by atoms with Crippen LogP contribution < -0.4 is 14.5 Å². The number of thiazole rings is 1. The Balaban J connectivity index is 2.02. The van der Waals surface area contributed by atoms with Gasteiger partial charge in [-0.05, 0) is 30.3 Å². The van der Waals surface area contributed by atoms with Crippen molar-refractivity contribution in [1.82, 2.24) is 4.98 Å². The Morgan fingerprint density at radius 1 is 1.27 bits per heavy atom. The Morgan fingerprint density at radius 3 is 2.73 bits per heavy atom. The van der Waals surface area contributed by atoms with Gasteiger partial charge in [0.05, 0.1) is 39.0 Å². The third kappa shape index (κ3) is 3.98. The maximum atomic E-state index is 13.1. The molecule has 136 valence electrons. The highest BCUT2D eigenvalue weighted by molar-refractivity contribution is 7.22. The number of benzene rings is 2. The van der Waals surface area contributed by atoms with Crippen molar-refractivity contribution < 1.29 is 14.4 Å². The first-order valence-corrected chi connectivity index (χ1v) is 9.49. The van der Waals surface area contributed by atoms with Gasteiger partial charge in [-0.2, -0.15) is 0 Å². The Bertz CT molecular complexity index is 926. The number of aromatic nitrogens is 1. The highest BCUT2D eigenvalue weighted by Crippen LogP contribution is 2.34. The van der Waals surface area contributed by atoms with E-state index in [9.17, 15) is 4.79 Å². The van der Waals surface area contributed by atoms with E-state index in [2.05, 4.69) is 19.1 Å². The summed E-state index contributed by atoms with van der Waals surface area (Å²) in [7, 11) is 5.74. The number of carbonyl (C=O) groups excluding carboxylic acids is 1. The molecule has 1 aromatic heterocycles. The van der Waals surface area contributed by atoms with Gasteiger partial charge in [0.15, 0.2) is 5.13 Å². The van der Waals surface area contributed by atoms with Crippen LogP contribution >= 0.6 is 22.9 Å². The Hall–Kier alpha value is -2.15.